The summed E-state index contributed by atoms with van der Waals surface area (Å²) in [5.41, 5.74) is 0. The standard InChI is InChI=1S/C7H10ClNO2S2/c8-6-5(4-11)13-7(9-6)12-3-1-2-10/h10-11H,1-4H2. The van der Waals surface area contributed by atoms with Gasteiger partial charge >= 0.3 is 0 Å². The van der Waals surface area contributed by atoms with Crippen molar-refractivity contribution in [1.82, 2.24) is 4.98 Å². The molecule has 0 aliphatic heterocycles. The molecule has 0 aliphatic rings. The summed E-state index contributed by atoms with van der Waals surface area (Å²) >= 11 is 8.68. The SMILES string of the molecule is OCCCSc1nc(Cl)c(CO)s1. The van der Waals surface area contributed by atoms with Crippen LogP contribution in [0.3, 0.4) is 0 Å². The molecular formula is C7H10ClNO2S2. The molecule has 0 saturated carbocycles. The Labute approximate surface area is 89.8 Å². The summed E-state index contributed by atoms with van der Waals surface area (Å²) in [6, 6.07) is 0. The minimum Gasteiger partial charge on any atom is -0.396 e. The first-order valence-electron chi connectivity index (χ1n) is 3.77. The molecule has 0 atom stereocenters. The molecule has 0 radical (unpaired) electrons. The van der Waals surface area contributed by atoms with Crippen LogP contribution >= 0.6 is 34.7 Å². The number of aliphatic hydroxyl groups excluding tert-OH is 2. The van der Waals surface area contributed by atoms with E-state index in [1.165, 1.54) is 11.3 Å². The van der Waals surface area contributed by atoms with Gasteiger partial charge in [-0.3, -0.25) is 0 Å². The molecule has 74 valence electrons. The van der Waals surface area contributed by atoms with E-state index in [4.69, 9.17) is 21.8 Å². The van der Waals surface area contributed by atoms with Crippen LogP contribution in [0.25, 0.3) is 0 Å². The maximum atomic E-state index is 8.84. The van der Waals surface area contributed by atoms with Crippen LogP contribution in [0.1, 0.15) is 11.3 Å². The van der Waals surface area contributed by atoms with Gasteiger partial charge in [0.1, 0.15) is 5.15 Å². The predicted molar refractivity (Wildman–Crippen MR) is 55.5 cm³/mol. The zero-order chi connectivity index (χ0) is 9.68. The van der Waals surface area contributed by atoms with E-state index < -0.39 is 0 Å². The highest BCUT2D eigenvalue weighted by Gasteiger charge is 2.07. The third-order valence-corrected chi connectivity index (χ3v) is 4.00. The van der Waals surface area contributed by atoms with Gasteiger partial charge in [0.25, 0.3) is 0 Å². The Morgan fingerprint density at radius 1 is 1.46 bits per heavy atom. The second-order valence-corrected chi connectivity index (χ2v) is 5.06. The third kappa shape index (κ3) is 3.44. The Morgan fingerprint density at radius 2 is 2.23 bits per heavy atom. The largest absolute Gasteiger partial charge is 0.396 e. The number of hydrogen-bond acceptors (Lipinski definition) is 5. The van der Waals surface area contributed by atoms with Gasteiger partial charge in [0.2, 0.25) is 0 Å². The van der Waals surface area contributed by atoms with E-state index in [0.29, 0.717) is 10.0 Å². The smallest absolute Gasteiger partial charge is 0.152 e. The summed E-state index contributed by atoms with van der Waals surface area (Å²) in [5, 5.41) is 17.8. The lowest BCUT2D eigenvalue weighted by molar-refractivity contribution is 0.285. The molecule has 2 N–H and O–H groups in total. The highest BCUT2D eigenvalue weighted by molar-refractivity contribution is 8.01. The van der Waals surface area contributed by atoms with Crippen LogP contribution in [-0.2, 0) is 6.61 Å². The maximum absolute atomic E-state index is 8.84. The summed E-state index contributed by atoms with van der Waals surface area (Å²) in [5.74, 6) is 0.825. The Morgan fingerprint density at radius 3 is 2.77 bits per heavy atom. The van der Waals surface area contributed by atoms with Crippen molar-refractivity contribution < 1.29 is 10.2 Å². The fourth-order valence-electron chi connectivity index (χ4n) is 0.696. The number of rotatable bonds is 5. The van der Waals surface area contributed by atoms with Crippen molar-refractivity contribution in [2.75, 3.05) is 12.4 Å². The van der Waals surface area contributed by atoms with Gasteiger partial charge in [-0.05, 0) is 6.42 Å². The van der Waals surface area contributed by atoms with Gasteiger partial charge in [-0.2, -0.15) is 0 Å². The van der Waals surface area contributed by atoms with E-state index in [0.717, 1.165) is 16.5 Å². The second kappa shape index (κ2) is 5.82. The first-order chi connectivity index (χ1) is 6.27. The van der Waals surface area contributed by atoms with Crippen LogP contribution in [0.5, 0.6) is 0 Å². The van der Waals surface area contributed by atoms with Crippen molar-refractivity contribution in [3.05, 3.63) is 10.0 Å². The van der Waals surface area contributed by atoms with Crippen molar-refractivity contribution in [2.24, 2.45) is 0 Å². The maximum Gasteiger partial charge on any atom is 0.152 e. The first-order valence-corrected chi connectivity index (χ1v) is 5.95. The fraction of sp³-hybridized carbons (Fsp3) is 0.571. The topological polar surface area (TPSA) is 53.4 Å². The molecule has 1 aromatic rings. The van der Waals surface area contributed by atoms with E-state index >= 15 is 0 Å². The Bertz CT molecular complexity index is 267. The van der Waals surface area contributed by atoms with Gasteiger partial charge in [0, 0.05) is 12.4 Å². The molecule has 0 aromatic carbocycles. The minimum absolute atomic E-state index is 0.0585. The number of nitrogens with zero attached hydrogens (tertiary/aromatic N) is 1. The molecule has 1 heterocycles. The fourth-order valence-corrected chi connectivity index (χ4v) is 2.99. The van der Waals surface area contributed by atoms with Crippen LogP contribution in [0.2, 0.25) is 5.15 Å². The number of halogens is 1. The molecule has 6 heteroatoms. The van der Waals surface area contributed by atoms with Crippen LogP contribution in [-0.4, -0.2) is 27.6 Å². The number of hydrogen-bond donors (Lipinski definition) is 2. The summed E-state index contributed by atoms with van der Waals surface area (Å²) in [4.78, 5) is 4.76. The van der Waals surface area contributed by atoms with Gasteiger partial charge in [-0.25, -0.2) is 4.98 Å². The van der Waals surface area contributed by atoms with Crippen molar-refractivity contribution in [1.29, 1.82) is 0 Å². The van der Waals surface area contributed by atoms with Gasteiger partial charge in [0.05, 0.1) is 11.5 Å². The van der Waals surface area contributed by atoms with Crippen molar-refractivity contribution >= 4 is 34.7 Å². The molecule has 0 aliphatic carbocycles. The normalized spacial score (nSPS) is 10.7. The second-order valence-electron chi connectivity index (χ2n) is 2.28. The van der Waals surface area contributed by atoms with E-state index in [1.807, 2.05) is 0 Å². The molecule has 0 amide bonds. The van der Waals surface area contributed by atoms with E-state index in [1.54, 1.807) is 11.8 Å². The van der Waals surface area contributed by atoms with Crippen molar-refractivity contribution in [3.8, 4) is 0 Å². The zero-order valence-corrected chi connectivity index (χ0v) is 9.25. The van der Waals surface area contributed by atoms with Crippen molar-refractivity contribution in [2.45, 2.75) is 17.4 Å². The highest BCUT2D eigenvalue weighted by Crippen LogP contribution is 2.30. The van der Waals surface area contributed by atoms with E-state index in [-0.39, 0.29) is 13.2 Å². The molecule has 0 fully saturated rings. The van der Waals surface area contributed by atoms with Gasteiger partial charge in [-0.15, -0.1) is 11.3 Å². The molecule has 13 heavy (non-hydrogen) atoms. The average molecular weight is 240 g/mol. The lowest BCUT2D eigenvalue weighted by Gasteiger charge is -1.92. The summed E-state index contributed by atoms with van der Waals surface area (Å²) in [7, 11) is 0. The summed E-state index contributed by atoms with van der Waals surface area (Å²) in [6.07, 6.45) is 0.746. The molecule has 1 aromatic heterocycles. The van der Waals surface area contributed by atoms with Gasteiger partial charge < -0.3 is 10.2 Å². The first kappa shape index (κ1) is 11.3. The summed E-state index contributed by atoms with van der Waals surface area (Å²) in [6.45, 7) is 0.135. The van der Waals surface area contributed by atoms with Crippen LogP contribution in [0, 0.1) is 0 Å². The highest BCUT2D eigenvalue weighted by atomic mass is 35.5. The number of thiazole rings is 1. The molecule has 0 spiro atoms. The molecule has 0 unspecified atom stereocenters. The van der Waals surface area contributed by atoms with Gasteiger partial charge in [0.15, 0.2) is 4.34 Å². The monoisotopic (exact) mass is 239 g/mol. The molecule has 1 rings (SSSR count). The van der Waals surface area contributed by atoms with E-state index in [9.17, 15) is 0 Å². The minimum atomic E-state index is -0.0585. The predicted octanol–water partition coefficient (Wildman–Crippen LogP) is 1.76. The zero-order valence-electron chi connectivity index (χ0n) is 6.86. The van der Waals surface area contributed by atoms with Gasteiger partial charge in [-0.1, -0.05) is 23.4 Å². The third-order valence-electron chi connectivity index (χ3n) is 1.30. The Balaban J connectivity index is 2.48. The molecule has 0 saturated heterocycles. The number of thioether (sulfide) groups is 1. The Kier molecular flexibility index (Phi) is 5.05. The number of aromatic nitrogens is 1. The lowest BCUT2D eigenvalue weighted by Crippen LogP contribution is -1.84. The lowest BCUT2D eigenvalue weighted by atomic mass is 10.5. The quantitative estimate of drug-likeness (QED) is 0.608. The average Bonchev–Trinajstić information content (AvgIpc) is 2.47. The van der Waals surface area contributed by atoms with E-state index in [2.05, 4.69) is 4.98 Å². The van der Waals surface area contributed by atoms with Crippen molar-refractivity contribution in [3.63, 3.8) is 0 Å². The number of aliphatic hydroxyl groups is 2. The van der Waals surface area contributed by atoms with Crippen LogP contribution in [0.15, 0.2) is 4.34 Å². The summed E-state index contributed by atoms with van der Waals surface area (Å²) < 4.78 is 0.850. The molecular weight excluding hydrogens is 230 g/mol. The molecule has 3 nitrogen and oxygen atoms in total. The molecule has 0 bridgehead atoms. The Hall–Kier alpha value is 0.190. The van der Waals surface area contributed by atoms with Crippen LogP contribution in [0.4, 0.5) is 0 Å². The van der Waals surface area contributed by atoms with Crippen LogP contribution < -0.4 is 0 Å².